The molecule has 0 atom stereocenters. The van der Waals surface area contributed by atoms with Crippen molar-refractivity contribution in [2.75, 3.05) is 5.73 Å². The summed E-state index contributed by atoms with van der Waals surface area (Å²) >= 11 is 6.08. The van der Waals surface area contributed by atoms with Crippen molar-refractivity contribution in [3.05, 3.63) is 80.3 Å². The van der Waals surface area contributed by atoms with Gasteiger partial charge < -0.3 is 25.7 Å². The van der Waals surface area contributed by atoms with E-state index in [2.05, 4.69) is 0 Å². The minimum absolute atomic E-state index is 0.125. The largest absolute Gasteiger partial charge is 0.488 e. The van der Waals surface area contributed by atoms with Crippen molar-refractivity contribution >= 4 is 29.4 Å². The smallest absolute Gasteiger partial charge is 0.342 e. The summed E-state index contributed by atoms with van der Waals surface area (Å²) < 4.78 is 19.5. The average Bonchev–Trinajstić information content (AvgIpc) is 2.66. The maximum absolute atomic E-state index is 13.9. The van der Waals surface area contributed by atoms with E-state index >= 15 is 0 Å². The van der Waals surface area contributed by atoms with E-state index in [0.717, 1.165) is 18.2 Å². The highest BCUT2D eigenvalue weighted by molar-refractivity contribution is 6.31. The number of nitrogen functional groups attached to an aromatic ring is 1. The van der Waals surface area contributed by atoms with E-state index in [9.17, 15) is 29.0 Å². The van der Waals surface area contributed by atoms with Gasteiger partial charge in [0.2, 0.25) is 0 Å². The van der Waals surface area contributed by atoms with Crippen LogP contribution >= 0.6 is 11.6 Å². The molecule has 0 aliphatic heterocycles. The van der Waals surface area contributed by atoms with Gasteiger partial charge in [0.05, 0.1) is 0 Å². The lowest BCUT2D eigenvalue weighted by Gasteiger charge is -2.16. The Morgan fingerprint density at radius 2 is 1.77 bits per heavy atom. The van der Waals surface area contributed by atoms with Gasteiger partial charge in [-0.15, -0.1) is 0 Å². The summed E-state index contributed by atoms with van der Waals surface area (Å²) in [4.78, 5) is 37.7. The van der Waals surface area contributed by atoms with E-state index in [1.54, 1.807) is 24.3 Å². The van der Waals surface area contributed by atoms with Gasteiger partial charge in [-0.2, -0.15) is 0 Å². The molecule has 30 heavy (non-hydrogen) atoms. The zero-order chi connectivity index (χ0) is 22.0. The fraction of sp³-hybridized carbons (Fsp3) is 0.0500. The minimum atomic E-state index is -1.69. The highest BCUT2D eigenvalue weighted by Crippen LogP contribution is 2.37. The molecule has 8 nitrogen and oxygen atoms in total. The third-order valence-electron chi connectivity index (χ3n) is 4.23. The number of pyridine rings is 1. The maximum atomic E-state index is 13.9. The second-order valence-electron chi connectivity index (χ2n) is 6.12. The Morgan fingerprint density at radius 1 is 1.10 bits per heavy atom. The second-order valence-corrected chi connectivity index (χ2v) is 6.53. The van der Waals surface area contributed by atoms with Crippen LogP contribution in [0.25, 0.3) is 11.1 Å². The number of hydrogen-bond donors (Lipinski definition) is 4. The fourth-order valence-electron chi connectivity index (χ4n) is 2.91. The van der Waals surface area contributed by atoms with Crippen LogP contribution in [0.5, 0.6) is 5.75 Å². The molecule has 0 radical (unpaired) electrons. The summed E-state index contributed by atoms with van der Waals surface area (Å²) in [5.74, 6) is -4.73. The fourth-order valence-corrected chi connectivity index (χ4v) is 3.10. The molecule has 0 aliphatic carbocycles. The number of carbonyl (C=O) groups is 2. The van der Waals surface area contributed by atoms with E-state index < -0.39 is 45.8 Å². The molecule has 0 saturated heterocycles. The van der Waals surface area contributed by atoms with Gasteiger partial charge in [-0.1, -0.05) is 29.8 Å². The van der Waals surface area contributed by atoms with Crippen LogP contribution in [0.4, 0.5) is 10.2 Å². The number of carboxylic acids is 2. The summed E-state index contributed by atoms with van der Waals surface area (Å²) in [6.45, 7) is -0.125. The molecule has 0 saturated carbocycles. The van der Waals surface area contributed by atoms with Gasteiger partial charge in [-0.25, -0.2) is 14.0 Å². The summed E-state index contributed by atoms with van der Waals surface area (Å²) in [5, 5.41) is 19.5. The molecule has 0 aliphatic rings. The van der Waals surface area contributed by atoms with E-state index in [0.29, 0.717) is 10.6 Å². The number of hydrogen-bond acceptors (Lipinski definition) is 5. The quantitative estimate of drug-likeness (QED) is 0.467. The molecular formula is C20H14ClFN2O6. The van der Waals surface area contributed by atoms with Gasteiger partial charge in [0.1, 0.15) is 35.1 Å². The van der Waals surface area contributed by atoms with Crippen LogP contribution in [0.15, 0.2) is 47.3 Å². The van der Waals surface area contributed by atoms with E-state index in [1.807, 2.05) is 4.98 Å². The van der Waals surface area contributed by atoms with Crippen molar-refractivity contribution < 1.29 is 28.9 Å². The van der Waals surface area contributed by atoms with Crippen LogP contribution in [0.3, 0.4) is 0 Å². The topological polar surface area (TPSA) is 143 Å². The Morgan fingerprint density at radius 3 is 2.40 bits per heavy atom. The van der Waals surface area contributed by atoms with Gasteiger partial charge in [0.15, 0.2) is 0 Å². The normalized spacial score (nSPS) is 10.6. The second kappa shape index (κ2) is 8.26. The van der Waals surface area contributed by atoms with Crippen molar-refractivity contribution in [3.8, 4) is 16.9 Å². The number of benzene rings is 2. The third-order valence-corrected chi connectivity index (χ3v) is 4.60. The molecule has 0 bridgehead atoms. The van der Waals surface area contributed by atoms with Crippen LogP contribution < -0.4 is 16.0 Å². The van der Waals surface area contributed by atoms with Gasteiger partial charge in [-0.05, 0) is 18.2 Å². The number of aromatic amines is 1. The zero-order valence-electron chi connectivity index (χ0n) is 15.1. The molecule has 10 heteroatoms. The Balaban J connectivity index is 2.24. The molecule has 0 spiro atoms. The van der Waals surface area contributed by atoms with Crippen molar-refractivity contribution in [1.82, 2.24) is 4.98 Å². The lowest BCUT2D eigenvalue weighted by Crippen LogP contribution is -2.24. The molecule has 1 aromatic heterocycles. The zero-order valence-corrected chi connectivity index (χ0v) is 15.9. The molecule has 0 unspecified atom stereocenters. The van der Waals surface area contributed by atoms with Crippen LogP contribution in [-0.2, 0) is 6.61 Å². The number of nitrogens with one attached hydrogen (secondary N) is 1. The molecule has 0 amide bonds. The van der Waals surface area contributed by atoms with Crippen molar-refractivity contribution in [2.45, 2.75) is 6.61 Å². The molecule has 0 fully saturated rings. The van der Waals surface area contributed by atoms with E-state index in [4.69, 9.17) is 22.1 Å². The molecule has 1 heterocycles. The lowest BCUT2D eigenvalue weighted by molar-refractivity contribution is 0.0695. The first-order valence-electron chi connectivity index (χ1n) is 8.39. The number of ether oxygens (including phenoxy) is 1. The Hall–Kier alpha value is -3.85. The molecule has 154 valence electrons. The highest BCUT2D eigenvalue weighted by Gasteiger charge is 2.28. The molecule has 2 aromatic carbocycles. The molecule has 3 rings (SSSR count). The van der Waals surface area contributed by atoms with Crippen LogP contribution in [0, 0.1) is 5.82 Å². The number of rotatable bonds is 6. The van der Waals surface area contributed by atoms with Crippen LogP contribution in [-0.4, -0.2) is 27.1 Å². The van der Waals surface area contributed by atoms with E-state index in [-0.39, 0.29) is 17.9 Å². The molecule has 5 N–H and O–H groups in total. The number of halogens is 2. The lowest BCUT2D eigenvalue weighted by atomic mass is 9.94. The number of carboxylic acid groups (broad SMARTS) is 2. The van der Waals surface area contributed by atoms with Gasteiger partial charge in [0, 0.05) is 27.8 Å². The molecule has 3 aromatic rings. The van der Waals surface area contributed by atoms with Crippen LogP contribution in [0.1, 0.15) is 26.3 Å². The summed E-state index contributed by atoms with van der Waals surface area (Å²) in [6.07, 6.45) is 0. The minimum Gasteiger partial charge on any atom is -0.488 e. The van der Waals surface area contributed by atoms with Gasteiger partial charge in [0.25, 0.3) is 5.56 Å². The first-order chi connectivity index (χ1) is 14.2. The number of nitrogens with two attached hydrogens (primary N) is 1. The maximum Gasteiger partial charge on any atom is 0.342 e. The van der Waals surface area contributed by atoms with Crippen molar-refractivity contribution in [1.29, 1.82) is 0 Å². The summed E-state index contributed by atoms with van der Waals surface area (Å²) in [7, 11) is 0. The average molecular weight is 433 g/mol. The van der Waals surface area contributed by atoms with Crippen molar-refractivity contribution in [3.63, 3.8) is 0 Å². The highest BCUT2D eigenvalue weighted by atomic mass is 35.5. The van der Waals surface area contributed by atoms with Gasteiger partial charge >= 0.3 is 11.9 Å². The number of aromatic nitrogens is 1. The first kappa shape index (κ1) is 20.9. The number of anilines is 1. The predicted molar refractivity (Wildman–Crippen MR) is 107 cm³/mol. The standard InChI is InChI=1S/C20H14ClFN2O6/c21-12-4-2-1-3-9(12)8-30-13-7-10(22)5-6-11(13)14-15(19(26)27)17(23)24-18(25)16(14)20(28)29/h1-7H,8H2,(H,26,27)(H,28,29)(H3,23,24,25). The molecular weight excluding hydrogens is 419 g/mol. The van der Waals surface area contributed by atoms with Crippen molar-refractivity contribution in [2.24, 2.45) is 0 Å². The Bertz CT molecular complexity index is 1220. The SMILES string of the molecule is Nc1[nH]c(=O)c(C(=O)O)c(-c2ccc(F)cc2OCc2ccccc2Cl)c1C(=O)O. The van der Waals surface area contributed by atoms with E-state index in [1.165, 1.54) is 0 Å². The van der Waals surface area contributed by atoms with Crippen LogP contribution in [0.2, 0.25) is 5.02 Å². The third kappa shape index (κ3) is 3.96. The Kier molecular flexibility index (Phi) is 5.74. The summed E-state index contributed by atoms with van der Waals surface area (Å²) in [6, 6.07) is 9.74. The predicted octanol–water partition coefficient (Wildman–Crippen LogP) is 3.39. The summed E-state index contributed by atoms with van der Waals surface area (Å²) in [5.41, 5.74) is 2.94. The Labute approximate surface area is 173 Å². The first-order valence-corrected chi connectivity index (χ1v) is 8.77. The number of aromatic carboxylic acids is 2. The van der Waals surface area contributed by atoms with Gasteiger partial charge in [-0.3, -0.25) is 4.79 Å². The number of H-pyrrole nitrogens is 1. The monoisotopic (exact) mass is 432 g/mol.